The Morgan fingerprint density at radius 2 is 2.09 bits per heavy atom. The Morgan fingerprint density at radius 3 is 2.87 bits per heavy atom. The second-order valence-corrected chi connectivity index (χ2v) is 7.20. The predicted molar refractivity (Wildman–Crippen MR) is 92.7 cm³/mol. The Labute approximate surface area is 143 Å². The molecule has 0 aromatic heterocycles. The lowest BCUT2D eigenvalue weighted by Crippen LogP contribution is -2.65. The first-order valence-corrected chi connectivity index (χ1v) is 8.42. The van der Waals surface area contributed by atoms with Crippen molar-refractivity contribution in [1.29, 1.82) is 0 Å². The zero-order valence-electron chi connectivity index (χ0n) is 13.0. The van der Waals surface area contributed by atoms with Crippen LogP contribution in [-0.2, 0) is 0 Å². The number of carbonyl (C=O) groups excluding carboxylic acids is 1. The molecular formula is C18H17BrN2O2. The molecule has 5 heteroatoms. The number of halogens is 1. The molecule has 2 amide bonds. The van der Waals surface area contributed by atoms with Crippen LogP contribution in [0.25, 0.3) is 0 Å². The number of hydrogen-bond acceptors (Lipinski definition) is 2. The molecule has 0 saturated carbocycles. The first-order chi connectivity index (χ1) is 11.0. The van der Waals surface area contributed by atoms with Gasteiger partial charge in [-0.2, -0.15) is 0 Å². The van der Waals surface area contributed by atoms with Crippen molar-refractivity contribution in [1.82, 2.24) is 5.32 Å². The topological polar surface area (TPSA) is 41.6 Å². The maximum Gasteiger partial charge on any atom is 0.325 e. The van der Waals surface area contributed by atoms with Crippen LogP contribution in [0, 0.1) is 6.92 Å². The van der Waals surface area contributed by atoms with Crippen LogP contribution in [0.15, 0.2) is 46.9 Å². The van der Waals surface area contributed by atoms with Gasteiger partial charge < -0.3 is 10.1 Å². The minimum atomic E-state index is -0.695. The number of hydrogen-bond donors (Lipinski definition) is 1. The van der Waals surface area contributed by atoms with Gasteiger partial charge in [0.25, 0.3) is 0 Å². The van der Waals surface area contributed by atoms with Crippen molar-refractivity contribution < 1.29 is 9.53 Å². The summed E-state index contributed by atoms with van der Waals surface area (Å²) in [6, 6.07) is 13.7. The summed E-state index contributed by atoms with van der Waals surface area (Å²) in [5.41, 5.74) is 2.26. The highest BCUT2D eigenvalue weighted by Gasteiger charge is 2.50. The van der Waals surface area contributed by atoms with E-state index in [0.717, 1.165) is 27.0 Å². The van der Waals surface area contributed by atoms with E-state index in [0.29, 0.717) is 6.42 Å². The number of fused-ring (bicyclic) bond motifs is 4. The van der Waals surface area contributed by atoms with E-state index in [9.17, 15) is 4.79 Å². The third-order valence-corrected chi connectivity index (χ3v) is 5.08. The van der Waals surface area contributed by atoms with Gasteiger partial charge in [0.2, 0.25) is 0 Å². The Hall–Kier alpha value is -2.01. The smallest absolute Gasteiger partial charge is 0.325 e. The fraction of sp³-hybridized carbons (Fsp3) is 0.278. The molecule has 4 nitrogen and oxygen atoms in total. The first kappa shape index (κ1) is 14.6. The molecule has 2 heterocycles. The molecule has 2 bridgehead atoms. The molecule has 4 rings (SSSR count). The van der Waals surface area contributed by atoms with Gasteiger partial charge >= 0.3 is 6.03 Å². The van der Waals surface area contributed by atoms with Gasteiger partial charge in [-0.1, -0.05) is 34.1 Å². The molecule has 2 aromatic carbocycles. The van der Waals surface area contributed by atoms with Crippen molar-refractivity contribution >= 4 is 27.6 Å². The lowest BCUT2D eigenvalue weighted by molar-refractivity contribution is 0.0377. The number of ether oxygens (including phenoxy) is 1. The summed E-state index contributed by atoms with van der Waals surface area (Å²) in [7, 11) is 0. The van der Waals surface area contributed by atoms with E-state index >= 15 is 0 Å². The van der Waals surface area contributed by atoms with Crippen molar-refractivity contribution in [3.05, 3.63) is 58.1 Å². The Morgan fingerprint density at radius 1 is 1.30 bits per heavy atom. The van der Waals surface area contributed by atoms with Crippen molar-refractivity contribution in [3.8, 4) is 5.75 Å². The number of rotatable bonds is 1. The second-order valence-electron chi connectivity index (χ2n) is 6.29. The SMILES string of the molecule is Cc1ccccc1N1C(=O)NC2CC1(C)Oc1ccc(Br)cc12. The van der Waals surface area contributed by atoms with Crippen LogP contribution in [0.4, 0.5) is 10.5 Å². The highest BCUT2D eigenvalue weighted by atomic mass is 79.9. The van der Waals surface area contributed by atoms with Crippen molar-refractivity contribution in [2.24, 2.45) is 0 Å². The summed E-state index contributed by atoms with van der Waals surface area (Å²) in [5, 5.41) is 3.12. The van der Waals surface area contributed by atoms with Crippen molar-refractivity contribution in [2.45, 2.75) is 32.0 Å². The summed E-state index contributed by atoms with van der Waals surface area (Å²) < 4.78 is 7.27. The first-order valence-electron chi connectivity index (χ1n) is 7.63. The maximum atomic E-state index is 12.8. The third kappa shape index (κ3) is 2.22. The molecule has 0 radical (unpaired) electrons. The molecule has 0 aliphatic carbocycles. The van der Waals surface area contributed by atoms with Gasteiger partial charge in [0, 0.05) is 16.5 Å². The molecule has 0 spiro atoms. The molecule has 2 aromatic rings. The van der Waals surface area contributed by atoms with Crippen molar-refractivity contribution in [2.75, 3.05) is 4.90 Å². The average molecular weight is 373 g/mol. The number of benzene rings is 2. The summed E-state index contributed by atoms with van der Waals surface area (Å²) in [6.07, 6.45) is 0.705. The molecule has 23 heavy (non-hydrogen) atoms. The summed E-state index contributed by atoms with van der Waals surface area (Å²) >= 11 is 3.49. The standard InChI is InChI=1S/C18H17BrN2O2/c1-11-5-3-4-6-15(11)21-17(22)20-14-10-18(21,2)23-16-8-7-12(19)9-13(14)16/h3-9,14H,10H2,1-2H3,(H,20,22). The summed E-state index contributed by atoms with van der Waals surface area (Å²) in [5.74, 6) is 0.825. The summed E-state index contributed by atoms with van der Waals surface area (Å²) in [4.78, 5) is 14.5. The number of carbonyl (C=O) groups is 1. The lowest BCUT2D eigenvalue weighted by Gasteiger charge is -2.51. The van der Waals surface area contributed by atoms with E-state index in [2.05, 4.69) is 21.2 Å². The molecule has 1 fully saturated rings. The fourth-order valence-electron chi connectivity index (χ4n) is 3.52. The quantitative estimate of drug-likeness (QED) is 0.798. The van der Waals surface area contributed by atoms with Crippen LogP contribution in [0.3, 0.4) is 0 Å². The Bertz CT molecular complexity index is 807. The number of nitrogens with zero attached hydrogens (tertiary/aromatic N) is 1. The van der Waals surface area contributed by atoms with Crippen LogP contribution in [0.1, 0.15) is 30.5 Å². The molecule has 2 aliphatic heterocycles. The largest absolute Gasteiger partial charge is 0.467 e. The van der Waals surface area contributed by atoms with Gasteiger partial charge in [0.1, 0.15) is 5.75 Å². The minimum absolute atomic E-state index is 0.0333. The van der Waals surface area contributed by atoms with E-state index in [-0.39, 0.29) is 12.1 Å². The molecule has 2 unspecified atom stereocenters. The van der Waals surface area contributed by atoms with E-state index < -0.39 is 5.72 Å². The summed E-state index contributed by atoms with van der Waals surface area (Å²) in [6.45, 7) is 3.99. The second kappa shape index (κ2) is 4.99. The molecule has 118 valence electrons. The molecule has 2 aliphatic rings. The van der Waals surface area contributed by atoms with E-state index in [4.69, 9.17) is 4.74 Å². The fourth-order valence-corrected chi connectivity index (χ4v) is 3.90. The Balaban J connectivity index is 1.83. The predicted octanol–water partition coefficient (Wildman–Crippen LogP) is 4.53. The van der Waals surface area contributed by atoms with Gasteiger partial charge in [-0.3, -0.25) is 4.90 Å². The number of urea groups is 1. The minimum Gasteiger partial charge on any atom is -0.467 e. The zero-order chi connectivity index (χ0) is 16.2. The number of anilines is 1. The molecule has 1 saturated heterocycles. The van der Waals surface area contributed by atoms with Gasteiger partial charge in [0.05, 0.1) is 11.7 Å². The van der Waals surface area contributed by atoms with Crippen molar-refractivity contribution in [3.63, 3.8) is 0 Å². The van der Waals surface area contributed by atoms with E-state index in [1.54, 1.807) is 4.90 Å². The molecule has 1 N–H and O–H groups in total. The van der Waals surface area contributed by atoms with Gasteiger partial charge in [-0.05, 0) is 43.7 Å². The van der Waals surface area contributed by atoms with E-state index in [1.807, 2.05) is 56.3 Å². The monoisotopic (exact) mass is 372 g/mol. The van der Waals surface area contributed by atoms with Gasteiger partial charge in [0.15, 0.2) is 5.72 Å². The van der Waals surface area contributed by atoms with Crippen LogP contribution in [0.2, 0.25) is 0 Å². The normalized spacial score (nSPS) is 25.4. The highest BCUT2D eigenvalue weighted by molar-refractivity contribution is 9.10. The molecular weight excluding hydrogens is 356 g/mol. The van der Waals surface area contributed by atoms with Gasteiger partial charge in [-0.15, -0.1) is 0 Å². The van der Waals surface area contributed by atoms with Gasteiger partial charge in [-0.25, -0.2) is 4.79 Å². The highest BCUT2D eigenvalue weighted by Crippen LogP contribution is 2.46. The number of amides is 2. The Kier molecular flexibility index (Phi) is 3.17. The molecule has 2 atom stereocenters. The van der Waals surface area contributed by atoms with Crippen LogP contribution < -0.4 is 15.0 Å². The maximum absolute atomic E-state index is 12.8. The number of nitrogens with one attached hydrogen (secondary N) is 1. The van der Waals surface area contributed by atoms with E-state index in [1.165, 1.54) is 0 Å². The number of para-hydroxylation sites is 1. The van der Waals surface area contributed by atoms with Crippen LogP contribution >= 0.6 is 15.9 Å². The van der Waals surface area contributed by atoms with Crippen LogP contribution in [-0.4, -0.2) is 11.8 Å². The number of aryl methyl sites for hydroxylation is 1. The lowest BCUT2D eigenvalue weighted by atomic mass is 9.90. The van der Waals surface area contributed by atoms with Crippen LogP contribution in [0.5, 0.6) is 5.75 Å². The average Bonchev–Trinajstić information content (AvgIpc) is 2.49. The zero-order valence-corrected chi connectivity index (χ0v) is 14.6. The third-order valence-electron chi connectivity index (χ3n) is 4.59.